The highest BCUT2D eigenvalue weighted by atomic mass is 16.2. The van der Waals surface area contributed by atoms with E-state index in [-0.39, 0.29) is 18.2 Å². The van der Waals surface area contributed by atoms with E-state index in [9.17, 15) is 9.59 Å². The third kappa shape index (κ3) is 2.46. The van der Waals surface area contributed by atoms with Gasteiger partial charge in [0, 0.05) is 5.57 Å². The molecule has 2 amide bonds. The molecule has 15 heavy (non-hydrogen) atoms. The van der Waals surface area contributed by atoms with E-state index < -0.39 is 0 Å². The Hall–Kier alpha value is -1.12. The number of carbonyl (C=O) groups is 2. The van der Waals surface area contributed by atoms with Crippen molar-refractivity contribution in [3.8, 4) is 0 Å². The summed E-state index contributed by atoms with van der Waals surface area (Å²) in [5.74, 6) is 0.987. The van der Waals surface area contributed by atoms with Crippen LogP contribution in [-0.2, 0) is 9.59 Å². The van der Waals surface area contributed by atoms with Crippen LogP contribution in [0.1, 0.15) is 39.0 Å². The van der Waals surface area contributed by atoms with Gasteiger partial charge in [0.15, 0.2) is 0 Å². The summed E-state index contributed by atoms with van der Waals surface area (Å²) >= 11 is 0. The van der Waals surface area contributed by atoms with Gasteiger partial charge in [-0.1, -0.05) is 25.8 Å². The van der Waals surface area contributed by atoms with Crippen LogP contribution in [-0.4, -0.2) is 11.8 Å². The number of amides is 2. The van der Waals surface area contributed by atoms with Gasteiger partial charge in [-0.15, -0.1) is 0 Å². The lowest BCUT2D eigenvalue weighted by atomic mass is 9.82. The Bertz CT molecular complexity index is 312. The summed E-state index contributed by atoms with van der Waals surface area (Å²) < 4.78 is 0. The Labute approximate surface area is 89.9 Å². The van der Waals surface area contributed by atoms with Crippen molar-refractivity contribution in [2.24, 2.45) is 11.8 Å². The molecule has 0 atom stereocenters. The van der Waals surface area contributed by atoms with Crippen molar-refractivity contribution in [2.45, 2.75) is 39.0 Å². The molecule has 3 nitrogen and oxygen atoms in total. The molecule has 2 rings (SSSR count). The van der Waals surface area contributed by atoms with E-state index in [1.165, 1.54) is 12.8 Å². The molecule has 1 aliphatic heterocycles. The zero-order valence-corrected chi connectivity index (χ0v) is 9.08. The predicted octanol–water partition coefficient (Wildman–Crippen LogP) is 1.79. The van der Waals surface area contributed by atoms with E-state index in [0.717, 1.165) is 18.8 Å². The van der Waals surface area contributed by atoms with Crippen LogP contribution in [0.15, 0.2) is 11.6 Å². The predicted molar refractivity (Wildman–Crippen MR) is 57.0 cm³/mol. The maximum Gasteiger partial charge on any atom is 0.253 e. The maximum absolute atomic E-state index is 11.3. The lowest BCUT2D eigenvalue weighted by molar-refractivity contribution is -0.124. The van der Waals surface area contributed by atoms with Crippen molar-refractivity contribution < 1.29 is 9.59 Å². The summed E-state index contributed by atoms with van der Waals surface area (Å²) in [6.45, 7) is 2.27. The average Bonchev–Trinajstić information content (AvgIpc) is 2.49. The van der Waals surface area contributed by atoms with Crippen LogP contribution in [0.4, 0.5) is 0 Å². The first-order valence-electron chi connectivity index (χ1n) is 5.70. The number of rotatable bonds is 1. The number of hydrogen-bond donors (Lipinski definition) is 1. The highest BCUT2D eigenvalue weighted by molar-refractivity contribution is 6.13. The summed E-state index contributed by atoms with van der Waals surface area (Å²) in [7, 11) is 0. The molecule has 0 unspecified atom stereocenters. The lowest BCUT2D eigenvalue weighted by Gasteiger charge is -2.23. The standard InChI is InChI=1S/C12H17NO2/c1-8-2-4-9(5-3-8)6-10-7-11(14)13-12(10)15/h6,8-9H,2-5,7H2,1H3,(H,13,14,15). The molecular weight excluding hydrogens is 190 g/mol. The van der Waals surface area contributed by atoms with Gasteiger partial charge in [0.2, 0.25) is 5.91 Å². The third-order valence-corrected chi connectivity index (χ3v) is 3.39. The van der Waals surface area contributed by atoms with Crippen molar-refractivity contribution >= 4 is 11.8 Å². The Morgan fingerprint density at radius 2 is 1.87 bits per heavy atom. The van der Waals surface area contributed by atoms with Crippen molar-refractivity contribution in [3.63, 3.8) is 0 Å². The Kier molecular flexibility index (Phi) is 2.89. The first-order chi connectivity index (χ1) is 7.15. The van der Waals surface area contributed by atoms with Gasteiger partial charge in [0.25, 0.3) is 5.91 Å². The van der Waals surface area contributed by atoms with E-state index in [4.69, 9.17) is 0 Å². The molecule has 82 valence electrons. The molecule has 0 bridgehead atoms. The first-order valence-corrected chi connectivity index (χ1v) is 5.70. The average molecular weight is 207 g/mol. The van der Waals surface area contributed by atoms with E-state index >= 15 is 0 Å². The van der Waals surface area contributed by atoms with Crippen LogP contribution in [0.2, 0.25) is 0 Å². The van der Waals surface area contributed by atoms with Crippen LogP contribution < -0.4 is 5.32 Å². The molecule has 0 aromatic carbocycles. The van der Waals surface area contributed by atoms with Crippen LogP contribution in [0, 0.1) is 11.8 Å². The van der Waals surface area contributed by atoms with Gasteiger partial charge in [-0.2, -0.15) is 0 Å². The van der Waals surface area contributed by atoms with Crippen LogP contribution in [0.25, 0.3) is 0 Å². The molecule has 0 spiro atoms. The van der Waals surface area contributed by atoms with Crippen LogP contribution in [0.3, 0.4) is 0 Å². The minimum Gasteiger partial charge on any atom is -0.292 e. The second-order valence-electron chi connectivity index (χ2n) is 4.77. The number of imide groups is 1. The molecule has 1 N–H and O–H groups in total. The summed E-state index contributed by atoms with van der Waals surface area (Å²) in [4.78, 5) is 22.3. The van der Waals surface area contributed by atoms with Crippen molar-refractivity contribution in [3.05, 3.63) is 11.6 Å². The first kappa shape index (κ1) is 10.4. The molecule has 0 aromatic heterocycles. The van der Waals surface area contributed by atoms with Gasteiger partial charge in [-0.05, 0) is 24.7 Å². The Morgan fingerprint density at radius 1 is 1.20 bits per heavy atom. The normalized spacial score (nSPS) is 34.6. The molecule has 1 saturated carbocycles. The fourth-order valence-electron chi connectivity index (χ4n) is 2.38. The van der Waals surface area contributed by atoms with Gasteiger partial charge in [0.05, 0.1) is 6.42 Å². The highest BCUT2D eigenvalue weighted by Gasteiger charge is 2.25. The van der Waals surface area contributed by atoms with E-state index in [1.807, 2.05) is 6.08 Å². The Morgan fingerprint density at radius 3 is 2.40 bits per heavy atom. The molecule has 0 radical (unpaired) electrons. The summed E-state index contributed by atoms with van der Waals surface area (Å²) in [6, 6.07) is 0. The zero-order valence-electron chi connectivity index (χ0n) is 9.08. The van der Waals surface area contributed by atoms with Gasteiger partial charge < -0.3 is 0 Å². The van der Waals surface area contributed by atoms with Crippen LogP contribution >= 0.6 is 0 Å². The summed E-state index contributed by atoms with van der Waals surface area (Å²) in [6.07, 6.45) is 7.10. The van der Waals surface area contributed by atoms with Gasteiger partial charge in [0.1, 0.15) is 0 Å². The number of hydrogen-bond acceptors (Lipinski definition) is 2. The molecule has 1 aliphatic carbocycles. The van der Waals surface area contributed by atoms with Crippen molar-refractivity contribution in [1.82, 2.24) is 5.32 Å². The maximum atomic E-state index is 11.3. The summed E-state index contributed by atoms with van der Waals surface area (Å²) in [5, 5.41) is 2.32. The largest absolute Gasteiger partial charge is 0.292 e. The quantitative estimate of drug-likeness (QED) is 0.526. The molecule has 3 heteroatoms. The minimum atomic E-state index is -0.182. The number of carbonyl (C=O) groups excluding carboxylic acids is 2. The highest BCUT2D eigenvalue weighted by Crippen LogP contribution is 2.30. The Balaban J connectivity index is 1.98. The molecule has 1 heterocycles. The second kappa shape index (κ2) is 4.17. The molecule has 2 fully saturated rings. The fraction of sp³-hybridized carbons (Fsp3) is 0.667. The SMILES string of the molecule is CC1CCC(C=C2CC(=O)NC2=O)CC1. The monoisotopic (exact) mass is 207 g/mol. The third-order valence-electron chi connectivity index (χ3n) is 3.39. The minimum absolute atomic E-state index is 0.157. The zero-order chi connectivity index (χ0) is 10.8. The van der Waals surface area contributed by atoms with Gasteiger partial charge >= 0.3 is 0 Å². The second-order valence-corrected chi connectivity index (χ2v) is 4.77. The molecular formula is C12H17NO2. The topological polar surface area (TPSA) is 46.2 Å². The van der Waals surface area contributed by atoms with Crippen LogP contribution in [0.5, 0.6) is 0 Å². The molecule has 0 aromatic rings. The molecule has 1 saturated heterocycles. The van der Waals surface area contributed by atoms with E-state index in [2.05, 4.69) is 12.2 Å². The number of allylic oxidation sites excluding steroid dienone is 1. The smallest absolute Gasteiger partial charge is 0.253 e. The lowest BCUT2D eigenvalue weighted by Crippen LogP contribution is -2.19. The fourth-order valence-corrected chi connectivity index (χ4v) is 2.38. The number of nitrogens with one attached hydrogen (secondary N) is 1. The van der Waals surface area contributed by atoms with E-state index in [1.54, 1.807) is 0 Å². The van der Waals surface area contributed by atoms with Crippen molar-refractivity contribution in [1.29, 1.82) is 0 Å². The van der Waals surface area contributed by atoms with E-state index in [0.29, 0.717) is 11.5 Å². The van der Waals surface area contributed by atoms with Crippen molar-refractivity contribution in [2.75, 3.05) is 0 Å². The van der Waals surface area contributed by atoms with Gasteiger partial charge in [-0.25, -0.2) is 0 Å². The van der Waals surface area contributed by atoms with Gasteiger partial charge in [-0.3, -0.25) is 14.9 Å². The summed E-state index contributed by atoms with van der Waals surface area (Å²) in [5.41, 5.74) is 0.680. The molecule has 2 aliphatic rings.